The quantitative estimate of drug-likeness (QED) is 0.946. The van der Waals surface area contributed by atoms with Gasteiger partial charge in [-0.05, 0) is 42.2 Å². The van der Waals surface area contributed by atoms with Crippen molar-refractivity contribution in [3.63, 3.8) is 0 Å². The lowest BCUT2D eigenvalue weighted by Crippen LogP contribution is -2.37. The number of amides is 2. The van der Waals surface area contributed by atoms with Crippen LogP contribution in [0.2, 0.25) is 0 Å². The average molecular weight is 312 g/mol. The van der Waals surface area contributed by atoms with Crippen molar-refractivity contribution in [2.75, 3.05) is 11.4 Å². The lowest BCUT2D eigenvalue weighted by molar-refractivity contribution is -0.118. The van der Waals surface area contributed by atoms with Crippen molar-refractivity contribution in [3.8, 4) is 0 Å². The van der Waals surface area contributed by atoms with Crippen LogP contribution in [0.3, 0.4) is 0 Å². The molecule has 2 N–H and O–H groups in total. The van der Waals surface area contributed by atoms with Gasteiger partial charge in [0.15, 0.2) is 0 Å². The molecule has 0 bridgehead atoms. The number of carbonyl (C=O) groups is 2. The van der Waals surface area contributed by atoms with Gasteiger partial charge in [-0.1, -0.05) is 24.3 Å². The molecule has 5 heteroatoms. The molecule has 1 aliphatic heterocycles. The molecule has 2 aromatic rings. The van der Waals surface area contributed by atoms with Crippen LogP contribution >= 0.6 is 0 Å². The van der Waals surface area contributed by atoms with Crippen LogP contribution < -0.4 is 10.6 Å². The third-order valence-electron chi connectivity index (χ3n) is 4.12. The van der Waals surface area contributed by atoms with Crippen molar-refractivity contribution in [1.29, 1.82) is 0 Å². The van der Waals surface area contributed by atoms with E-state index in [2.05, 4.69) is 0 Å². The van der Waals surface area contributed by atoms with E-state index in [1.165, 1.54) is 6.07 Å². The smallest absolute Gasteiger partial charge is 0.249 e. The summed E-state index contributed by atoms with van der Waals surface area (Å²) in [6.07, 6.45) is 1.45. The Morgan fingerprint density at radius 2 is 1.91 bits per heavy atom. The summed E-state index contributed by atoms with van der Waals surface area (Å²) in [5.74, 6) is -1.06. The number of benzene rings is 2. The minimum absolute atomic E-state index is 0.00703. The van der Waals surface area contributed by atoms with Crippen molar-refractivity contribution in [2.45, 2.75) is 19.3 Å². The molecule has 118 valence electrons. The summed E-state index contributed by atoms with van der Waals surface area (Å²) >= 11 is 0. The average Bonchev–Trinajstić information content (AvgIpc) is 2.55. The minimum Gasteiger partial charge on any atom is -0.366 e. The molecule has 0 unspecified atom stereocenters. The minimum atomic E-state index is -0.495. The van der Waals surface area contributed by atoms with Crippen LogP contribution in [0.4, 0.5) is 10.1 Å². The van der Waals surface area contributed by atoms with Crippen LogP contribution in [0.1, 0.15) is 27.9 Å². The van der Waals surface area contributed by atoms with Gasteiger partial charge in [0.05, 0.1) is 6.42 Å². The molecule has 0 saturated carbocycles. The van der Waals surface area contributed by atoms with Gasteiger partial charge in [0.25, 0.3) is 0 Å². The summed E-state index contributed by atoms with van der Waals surface area (Å²) < 4.78 is 13.8. The van der Waals surface area contributed by atoms with E-state index in [0.717, 1.165) is 12.0 Å². The second-order valence-electron chi connectivity index (χ2n) is 5.58. The molecular weight excluding hydrogens is 295 g/mol. The Bertz CT molecular complexity index is 773. The van der Waals surface area contributed by atoms with Crippen LogP contribution in [0, 0.1) is 5.82 Å². The highest BCUT2D eigenvalue weighted by atomic mass is 19.1. The summed E-state index contributed by atoms with van der Waals surface area (Å²) in [6, 6.07) is 11.5. The molecule has 2 aromatic carbocycles. The van der Waals surface area contributed by atoms with Crippen LogP contribution in [-0.4, -0.2) is 18.4 Å². The molecule has 1 heterocycles. The maximum Gasteiger partial charge on any atom is 0.249 e. The molecule has 0 fully saturated rings. The number of rotatable bonds is 3. The number of nitrogens with zero attached hydrogens (tertiary/aromatic N) is 1. The highest BCUT2D eigenvalue weighted by Crippen LogP contribution is 2.30. The predicted molar refractivity (Wildman–Crippen MR) is 85.7 cm³/mol. The van der Waals surface area contributed by atoms with Gasteiger partial charge in [-0.3, -0.25) is 9.59 Å². The predicted octanol–water partition coefficient (Wildman–Crippen LogP) is 2.45. The Morgan fingerprint density at radius 1 is 1.13 bits per heavy atom. The van der Waals surface area contributed by atoms with E-state index < -0.39 is 5.91 Å². The molecule has 0 radical (unpaired) electrons. The third-order valence-corrected chi connectivity index (χ3v) is 4.12. The number of anilines is 1. The topological polar surface area (TPSA) is 63.4 Å². The summed E-state index contributed by atoms with van der Waals surface area (Å²) in [5.41, 5.74) is 7.73. The number of hydrogen-bond donors (Lipinski definition) is 1. The molecule has 0 aliphatic carbocycles. The SMILES string of the molecule is NC(=O)c1cccc2c1CCCN2C(=O)Cc1ccccc1F. The van der Waals surface area contributed by atoms with Gasteiger partial charge in [0, 0.05) is 17.8 Å². The second-order valence-corrected chi connectivity index (χ2v) is 5.58. The first kappa shape index (κ1) is 15.2. The van der Waals surface area contributed by atoms with E-state index in [-0.39, 0.29) is 18.1 Å². The molecule has 3 rings (SSSR count). The highest BCUT2D eigenvalue weighted by molar-refractivity contribution is 6.00. The van der Waals surface area contributed by atoms with Crippen LogP contribution in [0.5, 0.6) is 0 Å². The molecule has 0 aromatic heterocycles. The lowest BCUT2D eigenvalue weighted by atomic mass is 9.95. The van der Waals surface area contributed by atoms with Gasteiger partial charge in [0.2, 0.25) is 11.8 Å². The van der Waals surface area contributed by atoms with Gasteiger partial charge < -0.3 is 10.6 Å². The zero-order chi connectivity index (χ0) is 16.4. The van der Waals surface area contributed by atoms with Crippen molar-refractivity contribution in [3.05, 3.63) is 65.0 Å². The lowest BCUT2D eigenvalue weighted by Gasteiger charge is -2.30. The summed E-state index contributed by atoms with van der Waals surface area (Å²) in [5, 5.41) is 0. The Kier molecular flexibility index (Phi) is 4.10. The van der Waals surface area contributed by atoms with Gasteiger partial charge in [-0.2, -0.15) is 0 Å². The van der Waals surface area contributed by atoms with Crippen molar-refractivity contribution in [1.82, 2.24) is 0 Å². The van der Waals surface area contributed by atoms with Gasteiger partial charge in [-0.25, -0.2) is 4.39 Å². The van der Waals surface area contributed by atoms with Gasteiger partial charge in [-0.15, -0.1) is 0 Å². The normalized spacial score (nSPS) is 13.5. The van der Waals surface area contributed by atoms with Crippen molar-refractivity contribution >= 4 is 17.5 Å². The Labute approximate surface area is 133 Å². The Hall–Kier alpha value is -2.69. The van der Waals surface area contributed by atoms with E-state index in [4.69, 9.17) is 5.73 Å². The number of halogens is 1. The van der Waals surface area contributed by atoms with Gasteiger partial charge in [0.1, 0.15) is 5.82 Å². The van der Waals surface area contributed by atoms with E-state index in [1.54, 1.807) is 41.3 Å². The fourth-order valence-corrected chi connectivity index (χ4v) is 3.01. The summed E-state index contributed by atoms with van der Waals surface area (Å²) in [4.78, 5) is 25.8. The first-order chi connectivity index (χ1) is 11.1. The molecule has 1 aliphatic rings. The van der Waals surface area contributed by atoms with E-state index in [9.17, 15) is 14.0 Å². The first-order valence-electron chi connectivity index (χ1n) is 7.53. The fraction of sp³-hybridized carbons (Fsp3) is 0.222. The Balaban J connectivity index is 1.91. The second kappa shape index (κ2) is 6.20. The third kappa shape index (κ3) is 2.95. The van der Waals surface area contributed by atoms with Crippen molar-refractivity contribution < 1.29 is 14.0 Å². The molecule has 0 atom stereocenters. The zero-order valence-electron chi connectivity index (χ0n) is 12.6. The number of carbonyl (C=O) groups excluding carboxylic acids is 2. The summed E-state index contributed by atoms with van der Waals surface area (Å²) in [7, 11) is 0. The highest BCUT2D eigenvalue weighted by Gasteiger charge is 2.25. The molecule has 4 nitrogen and oxygen atoms in total. The number of primary amides is 1. The first-order valence-corrected chi connectivity index (χ1v) is 7.53. The molecule has 0 spiro atoms. The molecule has 2 amide bonds. The molecular formula is C18H17FN2O2. The molecule has 0 saturated heterocycles. The number of fused-ring (bicyclic) bond motifs is 1. The van der Waals surface area contributed by atoms with Gasteiger partial charge >= 0.3 is 0 Å². The maximum atomic E-state index is 13.8. The van der Waals surface area contributed by atoms with Crippen LogP contribution in [0.15, 0.2) is 42.5 Å². The monoisotopic (exact) mass is 312 g/mol. The zero-order valence-corrected chi connectivity index (χ0v) is 12.6. The number of hydrogen-bond acceptors (Lipinski definition) is 2. The van der Waals surface area contributed by atoms with Crippen LogP contribution in [0.25, 0.3) is 0 Å². The fourth-order valence-electron chi connectivity index (χ4n) is 3.01. The molecule has 23 heavy (non-hydrogen) atoms. The van der Waals surface area contributed by atoms with E-state index >= 15 is 0 Å². The van der Waals surface area contributed by atoms with Crippen molar-refractivity contribution in [2.24, 2.45) is 5.73 Å². The number of nitrogens with two attached hydrogens (primary N) is 1. The largest absolute Gasteiger partial charge is 0.366 e. The summed E-state index contributed by atoms with van der Waals surface area (Å²) in [6.45, 7) is 0.558. The standard InChI is InChI=1S/C18H17FN2O2/c19-15-8-2-1-5-12(15)11-17(22)21-10-4-7-13-14(18(20)23)6-3-9-16(13)21/h1-3,5-6,8-9H,4,7,10-11H2,(H2,20,23). The Morgan fingerprint density at radius 3 is 2.65 bits per heavy atom. The van der Waals surface area contributed by atoms with E-state index in [1.807, 2.05) is 0 Å². The maximum absolute atomic E-state index is 13.8. The van der Waals surface area contributed by atoms with Crippen LogP contribution in [-0.2, 0) is 17.6 Å². The van der Waals surface area contributed by atoms with E-state index in [0.29, 0.717) is 29.8 Å².